The van der Waals surface area contributed by atoms with Gasteiger partial charge >= 0.3 is 5.97 Å². The molecule has 2 aromatic rings. The van der Waals surface area contributed by atoms with Gasteiger partial charge in [0.2, 0.25) is 0 Å². The van der Waals surface area contributed by atoms with Crippen molar-refractivity contribution in [2.75, 3.05) is 11.9 Å². The molecular weight excluding hydrogens is 390 g/mol. The van der Waals surface area contributed by atoms with Crippen molar-refractivity contribution < 1.29 is 18.7 Å². The van der Waals surface area contributed by atoms with E-state index in [9.17, 15) is 9.59 Å². The lowest BCUT2D eigenvalue weighted by molar-refractivity contribution is -0.137. The van der Waals surface area contributed by atoms with Crippen molar-refractivity contribution >= 4 is 23.6 Å². The summed E-state index contributed by atoms with van der Waals surface area (Å²) < 4.78 is 11.0. The first kappa shape index (κ1) is 20.1. The molecule has 4 saturated carbocycles. The van der Waals surface area contributed by atoms with Gasteiger partial charge in [-0.15, -0.1) is 0 Å². The quantitative estimate of drug-likeness (QED) is 0.490. The molecule has 4 bridgehead atoms. The molecule has 0 radical (unpaired) electrons. The molecule has 4 fully saturated rings. The second kappa shape index (κ2) is 8.03. The van der Waals surface area contributed by atoms with E-state index in [1.54, 1.807) is 13.0 Å². The molecule has 1 aromatic heterocycles. The van der Waals surface area contributed by atoms with Gasteiger partial charge in [0.1, 0.15) is 5.76 Å². The number of hydrogen-bond donors (Lipinski definition) is 1. The molecule has 1 N–H and O–H groups in total. The molecule has 1 heterocycles. The highest BCUT2D eigenvalue weighted by molar-refractivity contribution is 6.02. The Morgan fingerprint density at radius 2 is 1.81 bits per heavy atom. The highest BCUT2D eigenvalue weighted by Gasteiger charge is 2.53. The number of ether oxygens (including phenoxy) is 1. The molecule has 0 aliphatic heterocycles. The lowest BCUT2D eigenvalue weighted by Crippen LogP contribution is -2.48. The molecule has 4 aliphatic rings. The van der Waals surface area contributed by atoms with Crippen molar-refractivity contribution in [2.24, 2.45) is 17.8 Å². The van der Waals surface area contributed by atoms with Gasteiger partial charge < -0.3 is 14.5 Å². The minimum atomic E-state index is -0.385. The van der Waals surface area contributed by atoms with E-state index in [0.29, 0.717) is 18.1 Å². The van der Waals surface area contributed by atoms with Crippen LogP contribution in [0.25, 0.3) is 6.08 Å². The van der Waals surface area contributed by atoms with E-state index < -0.39 is 0 Å². The fourth-order valence-corrected chi connectivity index (χ4v) is 6.42. The molecule has 0 unspecified atom stereocenters. The number of furan rings is 1. The number of amides is 1. The maximum Gasteiger partial charge on any atom is 0.330 e. The summed E-state index contributed by atoms with van der Waals surface area (Å²) in [6.07, 6.45) is 10.8. The fraction of sp³-hybridized carbons (Fsp3) is 0.462. The predicted molar refractivity (Wildman–Crippen MR) is 119 cm³/mol. The van der Waals surface area contributed by atoms with Gasteiger partial charge in [-0.05, 0) is 99.1 Å². The number of benzene rings is 1. The number of carbonyl (C=O) groups is 2. The number of anilines is 1. The van der Waals surface area contributed by atoms with Crippen LogP contribution in [0.5, 0.6) is 0 Å². The van der Waals surface area contributed by atoms with Crippen LogP contribution in [0.4, 0.5) is 5.69 Å². The predicted octanol–water partition coefficient (Wildman–Crippen LogP) is 5.58. The molecular formula is C26H29NO4. The SMILES string of the molecule is CCOC(=O)C=Cc1cccc(NC(=O)c2ccc(C34CC5CC(CC(C5)C3)C4)o2)c1. The molecule has 1 aromatic carbocycles. The molecule has 4 aliphatic carbocycles. The van der Waals surface area contributed by atoms with Crippen molar-refractivity contribution in [3.8, 4) is 0 Å². The van der Waals surface area contributed by atoms with Crippen LogP contribution in [-0.2, 0) is 14.9 Å². The van der Waals surface area contributed by atoms with E-state index in [4.69, 9.17) is 9.15 Å². The summed E-state index contributed by atoms with van der Waals surface area (Å²) in [5, 5.41) is 2.92. The molecule has 5 heteroatoms. The van der Waals surface area contributed by atoms with Gasteiger partial charge in [-0.1, -0.05) is 12.1 Å². The maximum absolute atomic E-state index is 12.8. The molecule has 0 spiro atoms. The van der Waals surface area contributed by atoms with Gasteiger partial charge in [0.15, 0.2) is 5.76 Å². The molecule has 1 amide bonds. The minimum Gasteiger partial charge on any atom is -0.463 e. The van der Waals surface area contributed by atoms with Crippen LogP contribution in [0.1, 0.15) is 67.3 Å². The summed E-state index contributed by atoms with van der Waals surface area (Å²) in [5.41, 5.74) is 1.61. The van der Waals surface area contributed by atoms with Crippen molar-refractivity contribution in [3.63, 3.8) is 0 Å². The Kier molecular flexibility index (Phi) is 5.20. The standard InChI is InChI=1S/C26H29NO4/c1-2-30-24(28)9-6-17-4-3-5-21(13-17)27-25(29)22-7-8-23(31-22)26-14-18-10-19(15-26)12-20(11-18)16-26/h3-9,13,18-20H,2,10-12,14-16H2,1H3,(H,27,29). The first-order valence-corrected chi connectivity index (χ1v) is 11.4. The number of rotatable bonds is 6. The Morgan fingerprint density at radius 3 is 2.48 bits per heavy atom. The van der Waals surface area contributed by atoms with Crippen LogP contribution >= 0.6 is 0 Å². The monoisotopic (exact) mass is 419 g/mol. The summed E-state index contributed by atoms with van der Waals surface area (Å²) in [7, 11) is 0. The minimum absolute atomic E-state index is 0.144. The summed E-state index contributed by atoms with van der Waals surface area (Å²) >= 11 is 0. The lowest BCUT2D eigenvalue weighted by Gasteiger charge is -2.55. The lowest BCUT2D eigenvalue weighted by atomic mass is 9.49. The van der Waals surface area contributed by atoms with E-state index in [-0.39, 0.29) is 17.3 Å². The third-order valence-electron chi connectivity index (χ3n) is 7.23. The van der Waals surface area contributed by atoms with E-state index in [1.807, 2.05) is 36.4 Å². The average molecular weight is 420 g/mol. The number of hydrogen-bond acceptors (Lipinski definition) is 4. The molecule has 0 atom stereocenters. The Bertz CT molecular complexity index is 983. The van der Waals surface area contributed by atoms with Gasteiger partial charge in [0.25, 0.3) is 5.91 Å². The Balaban J connectivity index is 1.28. The van der Waals surface area contributed by atoms with E-state index >= 15 is 0 Å². The third-order valence-corrected chi connectivity index (χ3v) is 7.23. The molecule has 31 heavy (non-hydrogen) atoms. The van der Waals surface area contributed by atoms with Crippen LogP contribution in [0.3, 0.4) is 0 Å². The second-order valence-corrected chi connectivity index (χ2v) is 9.53. The van der Waals surface area contributed by atoms with Gasteiger partial charge in [0, 0.05) is 17.2 Å². The average Bonchev–Trinajstić information content (AvgIpc) is 3.23. The van der Waals surface area contributed by atoms with Gasteiger partial charge in [0.05, 0.1) is 6.61 Å². The molecule has 162 valence electrons. The number of carbonyl (C=O) groups excluding carboxylic acids is 2. The van der Waals surface area contributed by atoms with Crippen molar-refractivity contribution in [3.05, 3.63) is 59.6 Å². The van der Waals surface area contributed by atoms with Crippen LogP contribution in [-0.4, -0.2) is 18.5 Å². The van der Waals surface area contributed by atoms with Crippen molar-refractivity contribution in [1.82, 2.24) is 0 Å². The molecule has 0 saturated heterocycles. The van der Waals surface area contributed by atoms with E-state index in [2.05, 4.69) is 5.32 Å². The normalized spacial score (nSPS) is 28.7. The topological polar surface area (TPSA) is 68.5 Å². The van der Waals surface area contributed by atoms with E-state index in [1.165, 1.54) is 44.6 Å². The zero-order valence-electron chi connectivity index (χ0n) is 17.9. The smallest absolute Gasteiger partial charge is 0.330 e. The molecule has 5 nitrogen and oxygen atoms in total. The van der Waals surface area contributed by atoms with Crippen molar-refractivity contribution in [2.45, 2.75) is 50.9 Å². The fourth-order valence-electron chi connectivity index (χ4n) is 6.42. The zero-order chi connectivity index (χ0) is 21.4. The van der Waals surface area contributed by atoms with Crippen LogP contribution in [0.15, 0.2) is 46.9 Å². The first-order chi connectivity index (χ1) is 15.0. The van der Waals surface area contributed by atoms with Gasteiger partial charge in [-0.2, -0.15) is 0 Å². The first-order valence-electron chi connectivity index (χ1n) is 11.4. The Hall–Kier alpha value is -2.82. The van der Waals surface area contributed by atoms with Crippen LogP contribution in [0, 0.1) is 17.8 Å². The summed E-state index contributed by atoms with van der Waals surface area (Å²) in [6.45, 7) is 2.11. The number of esters is 1. The van der Waals surface area contributed by atoms with Gasteiger partial charge in [-0.3, -0.25) is 4.79 Å². The summed E-state index contributed by atoms with van der Waals surface area (Å²) in [6, 6.07) is 11.2. The highest BCUT2D eigenvalue weighted by Crippen LogP contribution is 2.60. The van der Waals surface area contributed by atoms with E-state index in [0.717, 1.165) is 29.1 Å². The van der Waals surface area contributed by atoms with Crippen LogP contribution < -0.4 is 5.32 Å². The highest BCUT2D eigenvalue weighted by atomic mass is 16.5. The van der Waals surface area contributed by atoms with Crippen molar-refractivity contribution in [1.29, 1.82) is 0 Å². The number of nitrogens with one attached hydrogen (secondary N) is 1. The Labute approximate surface area is 182 Å². The van der Waals surface area contributed by atoms with Crippen LogP contribution in [0.2, 0.25) is 0 Å². The second-order valence-electron chi connectivity index (χ2n) is 9.53. The third kappa shape index (κ3) is 4.06. The maximum atomic E-state index is 12.8. The van der Waals surface area contributed by atoms with Gasteiger partial charge in [-0.25, -0.2) is 4.79 Å². The zero-order valence-corrected chi connectivity index (χ0v) is 17.9. The largest absolute Gasteiger partial charge is 0.463 e. The molecule has 6 rings (SSSR count). The summed E-state index contributed by atoms with van der Waals surface area (Å²) in [5.74, 6) is 3.23. The Morgan fingerprint density at radius 1 is 1.10 bits per heavy atom. The summed E-state index contributed by atoms with van der Waals surface area (Å²) in [4.78, 5) is 24.3.